The Morgan fingerprint density at radius 3 is 2.18 bits per heavy atom. The Bertz CT molecular complexity index is 2690. The van der Waals surface area contributed by atoms with Crippen LogP contribution < -0.4 is 0 Å². The summed E-state index contributed by atoms with van der Waals surface area (Å²) in [6.45, 7) is 4.60. The Morgan fingerprint density at radius 2 is 1.29 bits per heavy atom. The number of fused-ring (bicyclic) bond motifs is 10. The molecule has 0 saturated heterocycles. The lowest BCUT2D eigenvalue weighted by atomic mass is 9.85. The molecule has 1 aliphatic carbocycles. The molecule has 4 heteroatoms. The van der Waals surface area contributed by atoms with Gasteiger partial charge in [-0.15, -0.1) is 11.3 Å². The van der Waals surface area contributed by atoms with Crippen LogP contribution in [0.3, 0.4) is 0 Å². The van der Waals surface area contributed by atoms with Gasteiger partial charge in [-0.3, -0.25) is 4.57 Å². The minimum Gasteiger partial charge on any atom is -0.278 e. The van der Waals surface area contributed by atoms with Crippen LogP contribution in [0.25, 0.3) is 81.1 Å². The fraction of sp³-hybridized carbons (Fsp3) is 0.0732. The van der Waals surface area contributed by atoms with E-state index in [9.17, 15) is 0 Å². The van der Waals surface area contributed by atoms with Crippen molar-refractivity contribution in [3.63, 3.8) is 0 Å². The molecule has 0 saturated carbocycles. The zero-order valence-corrected chi connectivity index (χ0v) is 25.7. The number of para-hydroxylation sites is 1. The number of aromatic nitrogens is 3. The van der Waals surface area contributed by atoms with E-state index < -0.39 is 0 Å². The Balaban J connectivity index is 1.34. The second-order valence-corrected chi connectivity index (χ2v) is 13.7. The molecule has 3 nitrogen and oxygen atoms in total. The van der Waals surface area contributed by atoms with Crippen LogP contribution in [-0.2, 0) is 5.41 Å². The molecule has 0 unspecified atom stereocenters. The van der Waals surface area contributed by atoms with Gasteiger partial charge in [0.2, 0.25) is 5.95 Å². The van der Waals surface area contributed by atoms with Gasteiger partial charge in [0, 0.05) is 47.5 Å². The van der Waals surface area contributed by atoms with Gasteiger partial charge in [-0.05, 0) is 58.3 Å². The third kappa shape index (κ3) is 3.40. The number of thiophene rings is 1. The fourth-order valence-electron chi connectivity index (χ4n) is 7.58. The highest BCUT2D eigenvalue weighted by Crippen LogP contribution is 2.51. The molecule has 0 amide bonds. The predicted molar refractivity (Wildman–Crippen MR) is 190 cm³/mol. The van der Waals surface area contributed by atoms with E-state index >= 15 is 0 Å². The molecule has 0 fully saturated rings. The van der Waals surface area contributed by atoms with E-state index in [4.69, 9.17) is 9.97 Å². The lowest BCUT2D eigenvalue weighted by molar-refractivity contribution is 0.632. The first-order valence-electron chi connectivity index (χ1n) is 15.4. The van der Waals surface area contributed by atoms with Crippen molar-refractivity contribution in [3.8, 4) is 28.3 Å². The highest BCUT2D eigenvalue weighted by molar-refractivity contribution is 7.25. The molecule has 45 heavy (non-hydrogen) atoms. The van der Waals surface area contributed by atoms with Gasteiger partial charge in [-0.2, -0.15) is 0 Å². The second-order valence-electron chi connectivity index (χ2n) is 12.6. The summed E-state index contributed by atoms with van der Waals surface area (Å²) in [7, 11) is 0. The fourth-order valence-corrected chi connectivity index (χ4v) is 8.67. The SMILES string of the molecule is CC1(C)c2ccccc2-c2c(-c3ccc4sc5ccccc5c4c3)nc(-n3c4ccccc4c4cc5ccccc5cc43)nc21. The molecule has 0 N–H and O–H groups in total. The van der Waals surface area contributed by atoms with E-state index in [-0.39, 0.29) is 5.41 Å². The average molecular weight is 594 g/mol. The predicted octanol–water partition coefficient (Wildman–Crippen LogP) is 11.1. The molecule has 212 valence electrons. The molecule has 0 aliphatic heterocycles. The van der Waals surface area contributed by atoms with E-state index in [1.807, 2.05) is 11.3 Å². The maximum atomic E-state index is 5.53. The number of nitrogens with zero attached hydrogens (tertiary/aromatic N) is 3. The summed E-state index contributed by atoms with van der Waals surface area (Å²) in [5.74, 6) is 0.710. The molecule has 6 aromatic carbocycles. The minimum absolute atomic E-state index is 0.275. The van der Waals surface area contributed by atoms with Crippen LogP contribution in [0.2, 0.25) is 0 Å². The van der Waals surface area contributed by atoms with Crippen LogP contribution in [0.5, 0.6) is 0 Å². The largest absolute Gasteiger partial charge is 0.278 e. The number of benzene rings is 6. The summed E-state index contributed by atoms with van der Waals surface area (Å²) < 4.78 is 4.88. The van der Waals surface area contributed by atoms with Crippen molar-refractivity contribution in [2.75, 3.05) is 0 Å². The smallest absolute Gasteiger partial charge is 0.235 e. The Morgan fingerprint density at radius 1 is 0.578 bits per heavy atom. The van der Waals surface area contributed by atoms with Crippen molar-refractivity contribution >= 4 is 64.1 Å². The van der Waals surface area contributed by atoms with Crippen LogP contribution >= 0.6 is 11.3 Å². The third-order valence-electron chi connectivity index (χ3n) is 9.75. The third-order valence-corrected chi connectivity index (χ3v) is 10.9. The molecule has 3 heterocycles. The first kappa shape index (κ1) is 25.1. The summed E-state index contributed by atoms with van der Waals surface area (Å²) in [5, 5.41) is 7.42. The second kappa shape index (κ2) is 8.87. The molecule has 0 spiro atoms. The van der Waals surface area contributed by atoms with E-state index in [1.54, 1.807) is 0 Å². The van der Waals surface area contributed by atoms with Gasteiger partial charge in [0.25, 0.3) is 0 Å². The molecule has 0 radical (unpaired) electrons. The summed E-state index contributed by atoms with van der Waals surface area (Å²) in [5.41, 5.74) is 8.79. The minimum atomic E-state index is -0.275. The van der Waals surface area contributed by atoms with Crippen LogP contribution in [0.15, 0.2) is 127 Å². The van der Waals surface area contributed by atoms with Crippen LogP contribution in [0, 0.1) is 0 Å². The van der Waals surface area contributed by atoms with Crippen LogP contribution in [0.1, 0.15) is 25.1 Å². The van der Waals surface area contributed by atoms with E-state index in [2.05, 4.69) is 146 Å². The quantitative estimate of drug-likeness (QED) is 0.200. The van der Waals surface area contributed by atoms with Gasteiger partial charge in [-0.25, -0.2) is 9.97 Å². The van der Waals surface area contributed by atoms with E-state index in [0.717, 1.165) is 33.5 Å². The highest BCUT2D eigenvalue weighted by Gasteiger charge is 2.40. The Hall–Kier alpha value is -5.32. The summed E-state index contributed by atoms with van der Waals surface area (Å²) in [6.07, 6.45) is 0. The molecular weight excluding hydrogens is 567 g/mol. The maximum absolute atomic E-state index is 5.53. The monoisotopic (exact) mass is 593 g/mol. The Kier molecular flexibility index (Phi) is 4.94. The highest BCUT2D eigenvalue weighted by atomic mass is 32.1. The van der Waals surface area contributed by atoms with E-state index in [0.29, 0.717) is 5.95 Å². The molecular formula is C41H27N3S. The standard InChI is InChI=1S/C41H27N3S/c1-41(2)32-16-8-5-15-29(32)37-38(26-19-20-36-31(22-26)28-14-7-10-18-35(28)45-36)42-40(43-39(37)41)44-33-17-9-6-13-27(33)30-21-24-11-3-4-12-25(24)23-34(30)44/h3-23H,1-2H3. The van der Waals surface area contributed by atoms with Crippen molar-refractivity contribution in [2.45, 2.75) is 19.3 Å². The molecule has 0 bridgehead atoms. The summed E-state index contributed by atoms with van der Waals surface area (Å²) >= 11 is 1.85. The van der Waals surface area contributed by atoms with Gasteiger partial charge in [0.15, 0.2) is 0 Å². The van der Waals surface area contributed by atoms with Gasteiger partial charge in [0.05, 0.1) is 22.4 Å². The number of hydrogen-bond acceptors (Lipinski definition) is 3. The average Bonchev–Trinajstić information content (AvgIpc) is 3.68. The normalized spacial score (nSPS) is 13.7. The maximum Gasteiger partial charge on any atom is 0.235 e. The summed E-state index contributed by atoms with van der Waals surface area (Å²) in [4.78, 5) is 11.0. The number of hydrogen-bond donors (Lipinski definition) is 0. The van der Waals surface area contributed by atoms with Gasteiger partial charge >= 0.3 is 0 Å². The lowest BCUT2D eigenvalue weighted by Gasteiger charge is -2.21. The molecule has 0 atom stereocenters. The van der Waals surface area contributed by atoms with Crippen molar-refractivity contribution < 1.29 is 0 Å². The van der Waals surface area contributed by atoms with Crippen molar-refractivity contribution in [3.05, 3.63) is 139 Å². The molecule has 10 rings (SSSR count). The van der Waals surface area contributed by atoms with Gasteiger partial charge < -0.3 is 0 Å². The van der Waals surface area contributed by atoms with Crippen molar-refractivity contribution in [2.24, 2.45) is 0 Å². The zero-order valence-electron chi connectivity index (χ0n) is 24.9. The van der Waals surface area contributed by atoms with Gasteiger partial charge in [0.1, 0.15) is 0 Å². The first-order chi connectivity index (χ1) is 22.1. The lowest BCUT2D eigenvalue weighted by Crippen LogP contribution is -2.18. The Labute approximate surface area is 264 Å². The van der Waals surface area contributed by atoms with Crippen LogP contribution in [-0.4, -0.2) is 14.5 Å². The van der Waals surface area contributed by atoms with Crippen LogP contribution in [0.4, 0.5) is 0 Å². The number of rotatable bonds is 2. The first-order valence-corrected chi connectivity index (χ1v) is 16.2. The topological polar surface area (TPSA) is 30.7 Å². The van der Waals surface area contributed by atoms with Gasteiger partial charge in [-0.1, -0.05) is 105 Å². The van der Waals surface area contributed by atoms with Crippen molar-refractivity contribution in [1.82, 2.24) is 14.5 Å². The summed E-state index contributed by atoms with van der Waals surface area (Å²) in [6, 6.07) is 46.2. The molecule has 1 aliphatic rings. The van der Waals surface area contributed by atoms with Crippen molar-refractivity contribution in [1.29, 1.82) is 0 Å². The zero-order chi connectivity index (χ0) is 29.9. The molecule has 3 aromatic heterocycles. The van der Waals surface area contributed by atoms with E-state index in [1.165, 1.54) is 52.8 Å². The molecule has 9 aromatic rings.